The molecule has 1 aromatic heterocycles. The smallest absolute Gasteiger partial charge is 0.128 e. The van der Waals surface area contributed by atoms with Crippen molar-refractivity contribution in [2.24, 2.45) is 5.73 Å². The largest absolute Gasteiger partial charge is 0.356 e. The molecule has 2 heterocycles. The SMILES string of the molecule is C[C@H](N)c1ccnc(N2CCC(N(C)C)CC2)c1. The van der Waals surface area contributed by atoms with Gasteiger partial charge in [-0.2, -0.15) is 0 Å². The van der Waals surface area contributed by atoms with E-state index in [1.165, 1.54) is 12.8 Å². The molecule has 0 aromatic carbocycles. The lowest BCUT2D eigenvalue weighted by atomic mass is 10.0. The van der Waals surface area contributed by atoms with Gasteiger partial charge in [-0.05, 0) is 51.6 Å². The van der Waals surface area contributed by atoms with Crippen LogP contribution in [0.4, 0.5) is 5.82 Å². The summed E-state index contributed by atoms with van der Waals surface area (Å²) in [4.78, 5) is 9.16. The highest BCUT2D eigenvalue weighted by Crippen LogP contribution is 2.22. The Balaban J connectivity index is 2.03. The molecule has 2 rings (SSSR count). The molecule has 0 spiro atoms. The second-order valence-corrected chi connectivity index (χ2v) is 5.42. The molecule has 2 N–H and O–H groups in total. The molecule has 0 bridgehead atoms. The van der Waals surface area contributed by atoms with Gasteiger partial charge in [-0.15, -0.1) is 0 Å². The van der Waals surface area contributed by atoms with Crippen LogP contribution in [-0.2, 0) is 0 Å². The third-order valence-corrected chi connectivity index (χ3v) is 3.81. The minimum absolute atomic E-state index is 0.0751. The number of piperidine rings is 1. The zero-order valence-electron chi connectivity index (χ0n) is 11.6. The van der Waals surface area contributed by atoms with Gasteiger partial charge in [0.1, 0.15) is 5.82 Å². The summed E-state index contributed by atoms with van der Waals surface area (Å²) in [6.07, 6.45) is 4.28. The fraction of sp³-hybridized carbons (Fsp3) is 0.643. The Morgan fingerprint density at radius 3 is 2.61 bits per heavy atom. The number of hydrogen-bond donors (Lipinski definition) is 1. The Kier molecular flexibility index (Phi) is 4.19. The van der Waals surface area contributed by atoms with Crippen LogP contribution in [0.1, 0.15) is 31.4 Å². The van der Waals surface area contributed by atoms with Gasteiger partial charge >= 0.3 is 0 Å². The highest BCUT2D eigenvalue weighted by molar-refractivity contribution is 5.42. The van der Waals surface area contributed by atoms with E-state index in [2.05, 4.69) is 34.9 Å². The molecule has 18 heavy (non-hydrogen) atoms. The number of pyridine rings is 1. The van der Waals surface area contributed by atoms with Crippen LogP contribution >= 0.6 is 0 Å². The number of hydrogen-bond acceptors (Lipinski definition) is 4. The molecule has 1 atom stereocenters. The van der Waals surface area contributed by atoms with E-state index in [1.807, 2.05) is 19.2 Å². The molecule has 4 nitrogen and oxygen atoms in total. The maximum Gasteiger partial charge on any atom is 0.128 e. The summed E-state index contributed by atoms with van der Waals surface area (Å²) in [5.74, 6) is 1.07. The van der Waals surface area contributed by atoms with Crippen LogP contribution in [0.5, 0.6) is 0 Å². The standard InChI is InChI=1S/C14H24N4/c1-11(15)12-4-7-16-14(10-12)18-8-5-13(6-9-18)17(2)3/h4,7,10-11,13H,5-6,8-9,15H2,1-3H3/t11-/m0/s1. The van der Waals surface area contributed by atoms with E-state index in [1.54, 1.807) is 0 Å². The normalized spacial score (nSPS) is 19.3. The molecule has 0 radical (unpaired) electrons. The Morgan fingerprint density at radius 1 is 1.39 bits per heavy atom. The maximum absolute atomic E-state index is 5.92. The van der Waals surface area contributed by atoms with Crippen molar-refractivity contribution < 1.29 is 0 Å². The molecular formula is C14H24N4. The molecule has 0 unspecified atom stereocenters. The predicted molar refractivity (Wildman–Crippen MR) is 75.8 cm³/mol. The highest BCUT2D eigenvalue weighted by atomic mass is 15.2. The van der Waals surface area contributed by atoms with Gasteiger partial charge in [0.25, 0.3) is 0 Å². The Morgan fingerprint density at radius 2 is 2.06 bits per heavy atom. The number of anilines is 1. The van der Waals surface area contributed by atoms with Crippen LogP contribution in [0, 0.1) is 0 Å². The lowest BCUT2D eigenvalue weighted by Gasteiger charge is -2.36. The Labute approximate surface area is 110 Å². The quantitative estimate of drug-likeness (QED) is 0.883. The van der Waals surface area contributed by atoms with Crippen molar-refractivity contribution in [1.82, 2.24) is 9.88 Å². The lowest BCUT2D eigenvalue weighted by molar-refractivity contribution is 0.249. The number of nitrogens with zero attached hydrogens (tertiary/aromatic N) is 3. The van der Waals surface area contributed by atoms with Crippen molar-refractivity contribution in [3.05, 3.63) is 23.9 Å². The molecule has 1 aromatic rings. The summed E-state index contributed by atoms with van der Waals surface area (Å²) in [6.45, 7) is 4.17. The average molecular weight is 248 g/mol. The van der Waals surface area contributed by atoms with Crippen molar-refractivity contribution in [3.63, 3.8) is 0 Å². The molecule has 0 amide bonds. The van der Waals surface area contributed by atoms with Gasteiger partial charge in [0.2, 0.25) is 0 Å². The number of rotatable bonds is 3. The van der Waals surface area contributed by atoms with Gasteiger partial charge in [0, 0.05) is 31.4 Å². The van der Waals surface area contributed by atoms with Crippen LogP contribution in [0.25, 0.3) is 0 Å². The molecule has 1 aliphatic heterocycles. The molecule has 0 aliphatic carbocycles. The molecule has 0 saturated carbocycles. The van der Waals surface area contributed by atoms with Gasteiger partial charge in [-0.1, -0.05) is 0 Å². The van der Waals surface area contributed by atoms with Crippen LogP contribution in [-0.4, -0.2) is 43.1 Å². The minimum atomic E-state index is 0.0751. The Bertz CT molecular complexity index is 381. The third kappa shape index (κ3) is 3.00. The first-order valence-electron chi connectivity index (χ1n) is 6.71. The van der Waals surface area contributed by atoms with Crippen molar-refractivity contribution >= 4 is 5.82 Å². The summed E-state index contributed by atoms with van der Waals surface area (Å²) in [7, 11) is 4.32. The average Bonchev–Trinajstić information content (AvgIpc) is 2.39. The van der Waals surface area contributed by atoms with E-state index in [4.69, 9.17) is 5.73 Å². The fourth-order valence-corrected chi connectivity index (χ4v) is 2.50. The number of nitrogens with two attached hydrogens (primary N) is 1. The first-order valence-corrected chi connectivity index (χ1v) is 6.71. The molecular weight excluding hydrogens is 224 g/mol. The fourth-order valence-electron chi connectivity index (χ4n) is 2.50. The van der Waals surface area contributed by atoms with Gasteiger partial charge in [-0.3, -0.25) is 0 Å². The van der Waals surface area contributed by atoms with E-state index in [9.17, 15) is 0 Å². The first kappa shape index (κ1) is 13.3. The lowest BCUT2D eigenvalue weighted by Crippen LogP contribution is -2.42. The van der Waals surface area contributed by atoms with Crippen molar-refractivity contribution in [2.75, 3.05) is 32.1 Å². The summed E-state index contributed by atoms with van der Waals surface area (Å²) in [6, 6.07) is 4.91. The second-order valence-electron chi connectivity index (χ2n) is 5.42. The topological polar surface area (TPSA) is 45.4 Å². The minimum Gasteiger partial charge on any atom is -0.356 e. The van der Waals surface area contributed by atoms with E-state index < -0.39 is 0 Å². The van der Waals surface area contributed by atoms with Crippen molar-refractivity contribution in [1.29, 1.82) is 0 Å². The monoisotopic (exact) mass is 248 g/mol. The van der Waals surface area contributed by atoms with E-state index >= 15 is 0 Å². The number of aromatic nitrogens is 1. The van der Waals surface area contributed by atoms with E-state index in [-0.39, 0.29) is 6.04 Å². The van der Waals surface area contributed by atoms with Gasteiger partial charge in [0.05, 0.1) is 0 Å². The van der Waals surface area contributed by atoms with E-state index in [0.29, 0.717) is 6.04 Å². The second kappa shape index (κ2) is 5.67. The molecule has 1 fully saturated rings. The zero-order chi connectivity index (χ0) is 13.1. The van der Waals surface area contributed by atoms with Crippen LogP contribution in [0.2, 0.25) is 0 Å². The highest BCUT2D eigenvalue weighted by Gasteiger charge is 2.21. The first-order chi connectivity index (χ1) is 8.58. The molecule has 100 valence electrons. The predicted octanol–water partition coefficient (Wildman–Crippen LogP) is 1.63. The van der Waals surface area contributed by atoms with Gasteiger partial charge in [0.15, 0.2) is 0 Å². The van der Waals surface area contributed by atoms with Crippen molar-refractivity contribution in [2.45, 2.75) is 31.8 Å². The molecule has 4 heteroatoms. The Hall–Kier alpha value is -1.13. The summed E-state index contributed by atoms with van der Waals surface area (Å²) >= 11 is 0. The van der Waals surface area contributed by atoms with Crippen molar-refractivity contribution in [3.8, 4) is 0 Å². The van der Waals surface area contributed by atoms with Crippen LogP contribution in [0.3, 0.4) is 0 Å². The summed E-state index contributed by atoms with van der Waals surface area (Å²) in [5.41, 5.74) is 7.08. The molecule has 1 saturated heterocycles. The van der Waals surface area contributed by atoms with Crippen LogP contribution in [0.15, 0.2) is 18.3 Å². The van der Waals surface area contributed by atoms with Gasteiger partial charge < -0.3 is 15.5 Å². The third-order valence-electron chi connectivity index (χ3n) is 3.81. The van der Waals surface area contributed by atoms with Crippen LogP contribution < -0.4 is 10.6 Å². The summed E-state index contributed by atoms with van der Waals surface area (Å²) < 4.78 is 0. The summed E-state index contributed by atoms with van der Waals surface area (Å²) in [5, 5.41) is 0. The maximum atomic E-state index is 5.92. The van der Waals surface area contributed by atoms with E-state index in [0.717, 1.165) is 24.5 Å². The van der Waals surface area contributed by atoms with Gasteiger partial charge in [-0.25, -0.2) is 4.98 Å². The molecule has 1 aliphatic rings. The zero-order valence-corrected chi connectivity index (χ0v) is 11.6.